The molecule has 0 spiro atoms. The van der Waals surface area contributed by atoms with Gasteiger partial charge in [0.05, 0.1) is 6.61 Å². The fraction of sp³-hybridized carbons (Fsp3) is 0.520. The maximum atomic E-state index is 14.6. The first-order valence-electron chi connectivity index (χ1n) is 10.9. The Morgan fingerprint density at radius 2 is 1.59 bits per heavy atom. The van der Waals surface area contributed by atoms with Gasteiger partial charge in [-0.05, 0) is 79.5 Å². The molecule has 2 aromatic carbocycles. The summed E-state index contributed by atoms with van der Waals surface area (Å²) in [4.78, 5) is 0. The molecule has 1 heterocycles. The summed E-state index contributed by atoms with van der Waals surface area (Å²) in [6.45, 7) is 2.57. The summed E-state index contributed by atoms with van der Waals surface area (Å²) < 4.78 is 48.3. The van der Waals surface area contributed by atoms with E-state index in [1.54, 1.807) is 18.2 Å². The second kappa shape index (κ2) is 8.91. The van der Waals surface area contributed by atoms with E-state index in [4.69, 9.17) is 4.74 Å². The van der Waals surface area contributed by atoms with Gasteiger partial charge in [0.1, 0.15) is 11.9 Å². The predicted molar refractivity (Wildman–Crippen MR) is 108 cm³/mol. The molecule has 0 radical (unpaired) electrons. The highest BCUT2D eigenvalue weighted by Gasteiger charge is 2.32. The van der Waals surface area contributed by atoms with Crippen LogP contribution in [0.1, 0.15) is 79.7 Å². The van der Waals surface area contributed by atoms with E-state index in [0.717, 1.165) is 62.5 Å². The Morgan fingerprint density at radius 1 is 0.897 bits per heavy atom. The third kappa shape index (κ3) is 4.69. The van der Waals surface area contributed by atoms with Gasteiger partial charge >= 0.3 is 0 Å². The summed E-state index contributed by atoms with van der Waals surface area (Å²) in [7, 11) is 0. The van der Waals surface area contributed by atoms with Crippen LogP contribution in [0.3, 0.4) is 0 Å². The van der Waals surface area contributed by atoms with E-state index < -0.39 is 11.6 Å². The van der Waals surface area contributed by atoms with Crippen molar-refractivity contribution in [3.05, 3.63) is 70.0 Å². The summed E-state index contributed by atoms with van der Waals surface area (Å²) >= 11 is 0. The van der Waals surface area contributed by atoms with Crippen molar-refractivity contribution in [2.45, 2.75) is 70.3 Å². The van der Waals surface area contributed by atoms with Crippen LogP contribution in [0.15, 0.2) is 30.3 Å². The van der Waals surface area contributed by atoms with Gasteiger partial charge in [-0.25, -0.2) is 13.2 Å². The number of benzene rings is 2. The molecule has 0 amide bonds. The lowest BCUT2D eigenvalue weighted by molar-refractivity contribution is 0.303. The number of hydrogen-bond acceptors (Lipinski definition) is 1. The second-order valence-corrected chi connectivity index (χ2v) is 8.63. The third-order valence-electron chi connectivity index (χ3n) is 6.59. The fourth-order valence-corrected chi connectivity index (χ4v) is 4.73. The highest BCUT2D eigenvalue weighted by Crippen LogP contribution is 2.41. The van der Waals surface area contributed by atoms with Crippen molar-refractivity contribution < 1.29 is 17.9 Å². The number of ether oxygens (including phenoxy) is 1. The van der Waals surface area contributed by atoms with Crippen LogP contribution in [0.25, 0.3) is 0 Å². The van der Waals surface area contributed by atoms with E-state index >= 15 is 0 Å². The van der Waals surface area contributed by atoms with Gasteiger partial charge < -0.3 is 4.74 Å². The number of halogens is 3. The minimum atomic E-state index is -0.742. The van der Waals surface area contributed by atoms with Crippen LogP contribution in [0.2, 0.25) is 0 Å². The van der Waals surface area contributed by atoms with Crippen LogP contribution in [-0.4, -0.2) is 6.61 Å². The Morgan fingerprint density at radius 3 is 2.24 bits per heavy atom. The number of rotatable bonds is 7. The van der Waals surface area contributed by atoms with E-state index in [-0.39, 0.29) is 17.8 Å². The molecule has 1 aliphatic heterocycles. The number of aryl methyl sites for hydroxylation is 2. The van der Waals surface area contributed by atoms with Crippen molar-refractivity contribution in [1.82, 2.24) is 0 Å². The van der Waals surface area contributed by atoms with Gasteiger partial charge in [0.2, 0.25) is 0 Å². The molecular weight excluding hydrogens is 373 g/mol. The third-order valence-corrected chi connectivity index (χ3v) is 6.59. The quantitative estimate of drug-likeness (QED) is 0.453. The number of hydrogen-bond donors (Lipinski definition) is 0. The Balaban J connectivity index is 1.31. The molecule has 0 N–H and O–H groups in total. The van der Waals surface area contributed by atoms with Gasteiger partial charge in [-0.3, -0.25) is 0 Å². The molecule has 1 atom stereocenters. The van der Waals surface area contributed by atoms with Crippen molar-refractivity contribution in [1.29, 1.82) is 0 Å². The zero-order valence-electron chi connectivity index (χ0n) is 17.0. The Kier molecular flexibility index (Phi) is 6.29. The molecule has 4 rings (SSSR count). The Hall–Kier alpha value is -1.81. The molecule has 1 saturated carbocycles. The van der Waals surface area contributed by atoms with Crippen molar-refractivity contribution in [2.24, 2.45) is 5.92 Å². The first-order valence-corrected chi connectivity index (χ1v) is 10.9. The molecule has 1 nitrogen and oxygen atoms in total. The monoisotopic (exact) mass is 402 g/mol. The second-order valence-electron chi connectivity index (χ2n) is 8.63. The molecule has 1 aliphatic carbocycles. The van der Waals surface area contributed by atoms with E-state index in [9.17, 15) is 13.2 Å². The van der Waals surface area contributed by atoms with Crippen LogP contribution < -0.4 is 0 Å². The lowest BCUT2D eigenvalue weighted by Gasteiger charge is -2.29. The largest absolute Gasteiger partial charge is 0.368 e. The summed E-state index contributed by atoms with van der Waals surface area (Å²) in [5.74, 6) is -0.945. The highest BCUT2D eigenvalue weighted by atomic mass is 19.2. The molecule has 1 saturated heterocycles. The van der Waals surface area contributed by atoms with E-state index in [0.29, 0.717) is 23.7 Å². The van der Waals surface area contributed by atoms with Crippen LogP contribution in [0.5, 0.6) is 0 Å². The van der Waals surface area contributed by atoms with Crippen LogP contribution >= 0.6 is 0 Å². The lowest BCUT2D eigenvalue weighted by atomic mass is 9.76. The minimum Gasteiger partial charge on any atom is -0.368 e. The maximum Gasteiger partial charge on any atom is 0.165 e. The van der Waals surface area contributed by atoms with Crippen LogP contribution in [0.4, 0.5) is 13.2 Å². The van der Waals surface area contributed by atoms with E-state index in [1.165, 1.54) is 0 Å². The molecule has 29 heavy (non-hydrogen) atoms. The van der Waals surface area contributed by atoms with E-state index in [1.807, 2.05) is 12.1 Å². The zero-order chi connectivity index (χ0) is 20.4. The number of epoxide rings is 1. The fourth-order valence-electron chi connectivity index (χ4n) is 4.73. The lowest BCUT2D eigenvalue weighted by Crippen LogP contribution is -2.16. The van der Waals surface area contributed by atoms with Crippen molar-refractivity contribution in [2.75, 3.05) is 6.61 Å². The minimum absolute atomic E-state index is 0.0694. The van der Waals surface area contributed by atoms with Gasteiger partial charge in [0.15, 0.2) is 11.6 Å². The first-order chi connectivity index (χ1) is 14.1. The molecule has 156 valence electrons. The van der Waals surface area contributed by atoms with Gasteiger partial charge in [-0.2, -0.15) is 0 Å². The summed E-state index contributed by atoms with van der Waals surface area (Å²) in [6.07, 6.45) is 7.03. The average Bonchev–Trinajstić information content (AvgIpc) is 3.55. The molecule has 2 fully saturated rings. The normalized spacial score (nSPS) is 23.9. The molecular formula is C25H29F3O. The zero-order valence-corrected chi connectivity index (χ0v) is 17.0. The van der Waals surface area contributed by atoms with Gasteiger partial charge in [0.25, 0.3) is 0 Å². The highest BCUT2D eigenvalue weighted by molar-refractivity contribution is 5.32. The summed E-state index contributed by atoms with van der Waals surface area (Å²) in [6, 6.07) is 9.06. The standard InChI is InChI=1S/C25H29F3O/c1-2-3-17-7-11-19(22(26)14-17)10-6-16-4-8-18(9-5-16)20-12-13-21(23-15-29-23)25(28)24(20)27/h7,11-14,16,18,23H,2-6,8-10,15H2,1H3. The molecule has 2 aromatic rings. The first kappa shape index (κ1) is 20.5. The molecule has 0 bridgehead atoms. The van der Waals surface area contributed by atoms with Crippen molar-refractivity contribution >= 4 is 0 Å². The molecule has 4 heteroatoms. The van der Waals surface area contributed by atoms with Crippen LogP contribution in [-0.2, 0) is 17.6 Å². The average molecular weight is 403 g/mol. The van der Waals surface area contributed by atoms with Crippen LogP contribution in [0, 0.1) is 23.4 Å². The van der Waals surface area contributed by atoms with Gasteiger partial charge in [-0.15, -0.1) is 0 Å². The van der Waals surface area contributed by atoms with E-state index in [2.05, 4.69) is 6.92 Å². The smallest absolute Gasteiger partial charge is 0.165 e. The van der Waals surface area contributed by atoms with Crippen molar-refractivity contribution in [3.63, 3.8) is 0 Å². The summed E-state index contributed by atoms with van der Waals surface area (Å²) in [5.41, 5.74) is 2.69. The molecule has 2 aliphatic rings. The van der Waals surface area contributed by atoms with Gasteiger partial charge in [0, 0.05) is 5.56 Å². The SMILES string of the molecule is CCCc1ccc(CCC2CCC(c3ccc(C4CO4)c(F)c3F)CC2)c(F)c1. The summed E-state index contributed by atoms with van der Waals surface area (Å²) in [5, 5.41) is 0. The Bertz CT molecular complexity index is 851. The van der Waals surface area contributed by atoms with Gasteiger partial charge in [-0.1, -0.05) is 37.6 Å². The predicted octanol–water partition coefficient (Wildman–Crippen LogP) is 7.03. The van der Waals surface area contributed by atoms with Crippen molar-refractivity contribution in [3.8, 4) is 0 Å². The molecule has 0 aromatic heterocycles. The maximum absolute atomic E-state index is 14.6. The molecule has 1 unspecified atom stereocenters. The Labute approximate surface area is 171 Å². The topological polar surface area (TPSA) is 12.5 Å².